The van der Waals surface area contributed by atoms with E-state index in [2.05, 4.69) is 19.6 Å². The van der Waals surface area contributed by atoms with Crippen LogP contribution in [0.1, 0.15) is 101 Å². The first-order valence-electron chi connectivity index (χ1n) is 19.8. The maximum Gasteiger partial charge on any atom is 0.254 e. The van der Waals surface area contributed by atoms with E-state index in [9.17, 15) is 20.1 Å². The van der Waals surface area contributed by atoms with E-state index in [1.54, 1.807) is 12.1 Å². The summed E-state index contributed by atoms with van der Waals surface area (Å²) in [7, 11) is 0. The van der Waals surface area contributed by atoms with Gasteiger partial charge in [-0.1, -0.05) is 67.4 Å². The lowest BCUT2D eigenvalue weighted by atomic mass is 9.55. The molecule has 1 aliphatic heterocycles. The summed E-state index contributed by atoms with van der Waals surface area (Å²) in [4.78, 5) is 23.1. The molecule has 3 N–H and O–H groups in total. The number of benzene rings is 3. The van der Waals surface area contributed by atoms with E-state index in [1.807, 2.05) is 80.3 Å². The molecule has 0 spiro atoms. The zero-order chi connectivity index (χ0) is 38.5. The summed E-state index contributed by atoms with van der Waals surface area (Å²) in [6, 6.07) is 18.6. The average Bonchev–Trinajstić information content (AvgIpc) is 3.16. The molecular formula is C45H58N2O7. The number of oxime groups is 1. The van der Waals surface area contributed by atoms with E-state index in [0.717, 1.165) is 53.3 Å². The van der Waals surface area contributed by atoms with E-state index < -0.39 is 23.3 Å². The molecule has 0 radical (unpaired) electrons. The van der Waals surface area contributed by atoms with Gasteiger partial charge in [-0.2, -0.15) is 0 Å². The van der Waals surface area contributed by atoms with Crippen molar-refractivity contribution in [2.75, 3.05) is 26.4 Å². The van der Waals surface area contributed by atoms with E-state index in [0.29, 0.717) is 43.5 Å². The highest BCUT2D eigenvalue weighted by Crippen LogP contribution is 2.62. The van der Waals surface area contributed by atoms with Crippen molar-refractivity contribution in [2.45, 2.75) is 102 Å². The molecule has 6 unspecified atom stereocenters. The molecule has 9 heteroatoms. The summed E-state index contributed by atoms with van der Waals surface area (Å²) in [6.07, 6.45) is 9.81. The number of ether oxygens (including phenoxy) is 2. The zero-order valence-electron chi connectivity index (χ0n) is 32.4. The van der Waals surface area contributed by atoms with Crippen molar-refractivity contribution in [3.05, 3.63) is 96.1 Å². The third-order valence-electron chi connectivity index (χ3n) is 11.2. The smallest absolute Gasteiger partial charge is 0.254 e. The van der Waals surface area contributed by atoms with Crippen LogP contribution in [0.4, 0.5) is 0 Å². The van der Waals surface area contributed by atoms with Crippen molar-refractivity contribution >= 4 is 22.4 Å². The topological polar surface area (TPSA) is 121 Å². The normalized spacial score (nSPS) is 25.3. The number of amides is 1. The fourth-order valence-corrected chi connectivity index (χ4v) is 8.98. The maximum absolute atomic E-state index is 15.0. The Hall–Kier alpha value is -4.18. The molecule has 3 aromatic carbocycles. The van der Waals surface area contributed by atoms with Crippen molar-refractivity contribution in [2.24, 2.45) is 22.9 Å². The van der Waals surface area contributed by atoms with Gasteiger partial charge in [-0.25, -0.2) is 0 Å². The highest BCUT2D eigenvalue weighted by molar-refractivity contribution is 6.04. The van der Waals surface area contributed by atoms with Crippen LogP contribution in [0.2, 0.25) is 0 Å². The fraction of sp³-hybridized carbons (Fsp3) is 0.511. The molecule has 54 heavy (non-hydrogen) atoms. The van der Waals surface area contributed by atoms with Gasteiger partial charge in [-0.3, -0.25) is 4.79 Å². The molecule has 9 nitrogen and oxygen atoms in total. The molecule has 1 saturated carbocycles. The highest BCUT2D eigenvalue weighted by atomic mass is 16.7. The second-order valence-electron chi connectivity index (χ2n) is 16.1. The molecule has 0 saturated heterocycles. The standard InChI is InChI=1S/C45H58N2O7/c1-6-22-47(43(51)33-19-18-30-14-8-9-15-31(30)26-33)40-29-38(46-54-44(3,4)5)36-27-32(16-10-12-23-48)35(17-11-13-24-49)41-37-28-34(50)20-21-39(37)53-45(40,42(36)41)52-25-7-2/h7-9,14-15,18-21,26-28,32,35,40-42,48-50H,2,6,10-13,16-17,22-25,29H2,1,3-5H3. The minimum absolute atomic E-state index is 0.0829. The number of rotatable bonds is 16. The summed E-state index contributed by atoms with van der Waals surface area (Å²) in [5.74, 6) is -1.12. The molecule has 1 fully saturated rings. The van der Waals surface area contributed by atoms with E-state index >= 15 is 0 Å². The fourth-order valence-electron chi connectivity index (χ4n) is 8.98. The van der Waals surface area contributed by atoms with Crippen LogP contribution in [0.5, 0.6) is 11.5 Å². The first-order chi connectivity index (χ1) is 26.0. The average molecular weight is 739 g/mol. The number of aliphatic hydroxyl groups is 2. The van der Waals surface area contributed by atoms with Crippen LogP contribution in [0.3, 0.4) is 0 Å². The van der Waals surface area contributed by atoms with Gasteiger partial charge in [0.2, 0.25) is 5.79 Å². The lowest BCUT2D eigenvalue weighted by molar-refractivity contribution is -0.254. The summed E-state index contributed by atoms with van der Waals surface area (Å²) in [5.41, 5.74) is 2.64. The van der Waals surface area contributed by atoms with Crippen molar-refractivity contribution in [3.8, 4) is 11.5 Å². The molecule has 290 valence electrons. The Morgan fingerprint density at radius 3 is 2.46 bits per heavy atom. The number of carbonyl (C=O) groups is 1. The third-order valence-corrected chi connectivity index (χ3v) is 11.2. The number of hydrogen-bond donors (Lipinski definition) is 3. The van der Waals surface area contributed by atoms with Gasteiger partial charge in [-0.05, 0) is 111 Å². The van der Waals surface area contributed by atoms with Crippen molar-refractivity contribution in [3.63, 3.8) is 0 Å². The van der Waals surface area contributed by atoms with Gasteiger partial charge in [-0.15, -0.1) is 6.58 Å². The quantitative estimate of drug-likeness (QED) is 0.0766. The Kier molecular flexibility index (Phi) is 12.5. The number of nitrogens with zero attached hydrogens (tertiary/aromatic N) is 2. The molecule has 1 heterocycles. The number of aromatic hydroxyl groups is 1. The largest absolute Gasteiger partial charge is 0.508 e. The van der Waals surface area contributed by atoms with Gasteiger partial charge in [0.25, 0.3) is 5.91 Å². The summed E-state index contributed by atoms with van der Waals surface area (Å²) in [5, 5.41) is 37.5. The van der Waals surface area contributed by atoms with Crippen LogP contribution in [0.15, 0.2) is 90.1 Å². The Labute approximate surface area is 320 Å². The van der Waals surface area contributed by atoms with Crippen molar-refractivity contribution in [1.29, 1.82) is 0 Å². The molecule has 3 aromatic rings. The SMILES string of the molecule is C=CCOC12Oc3ccc(O)cc3C3C(CCCCO)C(CCCCO)C=C(C(=NOC(C)(C)C)CC1N(CCC)C(=O)c1ccc4ccccc4c1)C32. The summed E-state index contributed by atoms with van der Waals surface area (Å²) in [6.45, 7) is 12.9. The molecule has 0 bridgehead atoms. The van der Waals surface area contributed by atoms with Gasteiger partial charge >= 0.3 is 0 Å². The Bertz CT molecular complexity index is 1850. The zero-order valence-corrected chi connectivity index (χ0v) is 32.4. The minimum Gasteiger partial charge on any atom is -0.508 e. The Morgan fingerprint density at radius 2 is 1.76 bits per heavy atom. The van der Waals surface area contributed by atoms with Gasteiger partial charge in [0.05, 0.1) is 18.2 Å². The number of allylic oxidation sites excluding steroid dienone is 1. The van der Waals surface area contributed by atoms with Crippen molar-refractivity contribution < 1.29 is 34.4 Å². The molecule has 0 aromatic heterocycles. The molecule has 1 amide bonds. The van der Waals surface area contributed by atoms with Gasteiger partial charge in [0.15, 0.2) is 0 Å². The number of phenols is 1. The van der Waals surface area contributed by atoms with E-state index in [-0.39, 0.29) is 49.2 Å². The van der Waals surface area contributed by atoms with Crippen LogP contribution in [-0.2, 0) is 9.57 Å². The van der Waals surface area contributed by atoms with Crippen LogP contribution < -0.4 is 4.74 Å². The molecule has 2 aliphatic carbocycles. The van der Waals surface area contributed by atoms with Crippen LogP contribution >= 0.6 is 0 Å². The maximum atomic E-state index is 15.0. The highest BCUT2D eigenvalue weighted by Gasteiger charge is 2.65. The molecule has 6 rings (SSSR count). The number of aliphatic hydroxyl groups excluding tert-OH is 2. The van der Waals surface area contributed by atoms with Crippen LogP contribution in [0, 0.1) is 17.8 Å². The predicted octanol–water partition coefficient (Wildman–Crippen LogP) is 8.53. The van der Waals surface area contributed by atoms with Gasteiger partial charge in [0.1, 0.15) is 23.1 Å². The summed E-state index contributed by atoms with van der Waals surface area (Å²) >= 11 is 0. The number of carbonyl (C=O) groups excluding carboxylic acids is 1. The lowest BCUT2D eigenvalue weighted by Crippen LogP contribution is -2.70. The van der Waals surface area contributed by atoms with Crippen molar-refractivity contribution in [1.82, 2.24) is 4.90 Å². The van der Waals surface area contributed by atoms with Crippen LogP contribution in [0.25, 0.3) is 10.8 Å². The van der Waals surface area contributed by atoms with E-state index in [4.69, 9.17) is 19.5 Å². The number of unbranched alkanes of at least 4 members (excludes halogenated alkanes) is 2. The van der Waals surface area contributed by atoms with Gasteiger partial charge in [0, 0.05) is 43.2 Å². The molecule has 6 atom stereocenters. The first-order valence-corrected chi connectivity index (χ1v) is 19.8. The number of fused-ring (bicyclic) bond motifs is 3. The third kappa shape index (κ3) is 8.09. The van der Waals surface area contributed by atoms with Crippen LogP contribution in [-0.4, -0.2) is 75.6 Å². The second-order valence-corrected chi connectivity index (χ2v) is 16.1. The lowest BCUT2D eigenvalue weighted by Gasteiger charge is -2.60. The number of phenolic OH excluding ortho intramolecular Hbond substituents is 1. The minimum atomic E-state index is -1.34. The molecule has 3 aliphatic rings. The van der Waals surface area contributed by atoms with E-state index in [1.165, 1.54) is 0 Å². The predicted molar refractivity (Wildman–Crippen MR) is 213 cm³/mol. The number of hydrogen-bond acceptors (Lipinski definition) is 8. The Morgan fingerprint density at radius 1 is 1.02 bits per heavy atom. The second kappa shape index (κ2) is 17.1. The summed E-state index contributed by atoms with van der Waals surface area (Å²) < 4.78 is 14.3. The monoisotopic (exact) mass is 738 g/mol. The Balaban J connectivity index is 1.60. The van der Waals surface area contributed by atoms with Gasteiger partial charge < -0.3 is 34.5 Å². The molecular weight excluding hydrogens is 681 g/mol. The first kappa shape index (κ1) is 39.5.